The van der Waals surface area contributed by atoms with Crippen molar-refractivity contribution in [2.24, 2.45) is 5.41 Å². The fourth-order valence-corrected chi connectivity index (χ4v) is 3.76. The zero-order valence-corrected chi connectivity index (χ0v) is 15.0. The van der Waals surface area contributed by atoms with Gasteiger partial charge < -0.3 is 15.7 Å². The molecule has 1 fully saturated rings. The topological polar surface area (TPSA) is 95.5 Å². The molecule has 7 heteroatoms. The second-order valence-electron chi connectivity index (χ2n) is 6.63. The van der Waals surface area contributed by atoms with Crippen LogP contribution in [0.25, 0.3) is 0 Å². The van der Waals surface area contributed by atoms with Crippen LogP contribution in [0.4, 0.5) is 5.69 Å². The number of halogens is 1. The smallest absolute Gasteiger partial charge is 0.303 e. The molecule has 3 N–H and O–H groups in total. The fourth-order valence-electron chi connectivity index (χ4n) is 3.50. The molecule has 6 nitrogen and oxygen atoms in total. The van der Waals surface area contributed by atoms with Gasteiger partial charge in [-0.25, -0.2) is 0 Å². The number of hydrogen-bond donors (Lipinski definition) is 3. The molecule has 2 rings (SSSR count). The number of hydrogen-bond acceptors (Lipinski definition) is 3. The molecule has 0 saturated heterocycles. The molecule has 1 aromatic carbocycles. The second kappa shape index (κ2) is 8.34. The number of carbonyl (C=O) groups is 3. The van der Waals surface area contributed by atoms with Crippen molar-refractivity contribution in [1.82, 2.24) is 5.32 Å². The molecule has 0 unspecified atom stereocenters. The third kappa shape index (κ3) is 5.19. The number of benzene rings is 1. The predicted octanol–water partition coefficient (Wildman–Crippen LogP) is 3.45. The Balaban J connectivity index is 2.06. The van der Waals surface area contributed by atoms with Crippen LogP contribution in [-0.4, -0.2) is 29.9 Å². The summed E-state index contributed by atoms with van der Waals surface area (Å²) in [7, 11) is 1.51. The Labute approximate surface area is 151 Å². The number of amides is 2. The van der Waals surface area contributed by atoms with Crippen LogP contribution in [0.2, 0.25) is 5.02 Å². The molecule has 1 saturated carbocycles. The summed E-state index contributed by atoms with van der Waals surface area (Å²) in [4.78, 5) is 35.3. The lowest BCUT2D eigenvalue weighted by atomic mass is 9.69. The van der Waals surface area contributed by atoms with Gasteiger partial charge >= 0.3 is 5.97 Å². The summed E-state index contributed by atoms with van der Waals surface area (Å²) in [5.41, 5.74) is 0.348. The lowest BCUT2D eigenvalue weighted by Gasteiger charge is -2.35. The third-order valence-corrected chi connectivity index (χ3v) is 5.01. The van der Waals surface area contributed by atoms with E-state index in [0.29, 0.717) is 11.3 Å². The summed E-state index contributed by atoms with van der Waals surface area (Å²) >= 11 is 6.08. The van der Waals surface area contributed by atoms with Gasteiger partial charge in [0.25, 0.3) is 5.91 Å². The molecule has 0 aromatic heterocycles. The van der Waals surface area contributed by atoms with Crippen molar-refractivity contribution in [3.05, 3.63) is 28.8 Å². The van der Waals surface area contributed by atoms with Crippen LogP contribution in [0.15, 0.2) is 18.2 Å². The van der Waals surface area contributed by atoms with Gasteiger partial charge in [-0.3, -0.25) is 14.4 Å². The lowest BCUT2D eigenvalue weighted by molar-refractivity contribution is -0.140. The van der Waals surface area contributed by atoms with Gasteiger partial charge in [-0.05, 0) is 36.5 Å². The largest absolute Gasteiger partial charge is 0.481 e. The number of carboxylic acids is 1. The lowest BCUT2D eigenvalue weighted by Crippen LogP contribution is -2.32. The molecule has 0 spiro atoms. The highest BCUT2D eigenvalue weighted by atomic mass is 35.5. The van der Waals surface area contributed by atoms with Crippen molar-refractivity contribution >= 4 is 35.1 Å². The van der Waals surface area contributed by atoms with E-state index in [1.165, 1.54) is 13.1 Å². The molecule has 0 aliphatic heterocycles. The Hall–Kier alpha value is -2.08. The van der Waals surface area contributed by atoms with Crippen LogP contribution >= 0.6 is 11.6 Å². The molecule has 1 aromatic rings. The van der Waals surface area contributed by atoms with Gasteiger partial charge in [-0.15, -0.1) is 0 Å². The van der Waals surface area contributed by atoms with Crippen molar-refractivity contribution in [1.29, 1.82) is 0 Å². The summed E-state index contributed by atoms with van der Waals surface area (Å²) in [6.07, 6.45) is 4.68. The van der Waals surface area contributed by atoms with Crippen LogP contribution in [-0.2, 0) is 9.59 Å². The molecule has 1 aliphatic carbocycles. The van der Waals surface area contributed by atoms with E-state index in [0.717, 1.165) is 32.1 Å². The number of carboxylic acid groups (broad SMARTS) is 1. The van der Waals surface area contributed by atoms with E-state index in [-0.39, 0.29) is 29.7 Å². The van der Waals surface area contributed by atoms with Crippen LogP contribution < -0.4 is 10.6 Å². The zero-order chi connectivity index (χ0) is 18.4. The minimum atomic E-state index is -0.868. The Bertz CT molecular complexity index is 669. The molecule has 0 atom stereocenters. The van der Waals surface area contributed by atoms with Crippen molar-refractivity contribution in [2.45, 2.75) is 44.9 Å². The molecule has 136 valence electrons. The molecule has 25 heavy (non-hydrogen) atoms. The summed E-state index contributed by atoms with van der Waals surface area (Å²) in [5.74, 6) is -1.40. The van der Waals surface area contributed by atoms with Crippen molar-refractivity contribution in [2.75, 3.05) is 12.4 Å². The van der Waals surface area contributed by atoms with Gasteiger partial charge in [0.2, 0.25) is 5.91 Å². The van der Waals surface area contributed by atoms with Crippen LogP contribution in [0.5, 0.6) is 0 Å². The molecule has 0 heterocycles. The number of anilines is 1. The highest BCUT2D eigenvalue weighted by Crippen LogP contribution is 2.42. The van der Waals surface area contributed by atoms with Crippen LogP contribution in [0, 0.1) is 5.41 Å². The summed E-state index contributed by atoms with van der Waals surface area (Å²) in [6, 6.07) is 4.68. The number of carbonyl (C=O) groups excluding carboxylic acids is 2. The van der Waals surface area contributed by atoms with Crippen molar-refractivity contribution in [3.63, 3.8) is 0 Å². The Morgan fingerprint density at radius 3 is 2.40 bits per heavy atom. The average molecular weight is 367 g/mol. The molecule has 1 aliphatic rings. The maximum atomic E-state index is 12.4. The highest BCUT2D eigenvalue weighted by Gasteiger charge is 2.36. The van der Waals surface area contributed by atoms with E-state index in [2.05, 4.69) is 10.6 Å². The maximum Gasteiger partial charge on any atom is 0.303 e. The molecule has 0 bridgehead atoms. The quantitative estimate of drug-likeness (QED) is 0.718. The van der Waals surface area contributed by atoms with Gasteiger partial charge in [0.1, 0.15) is 0 Å². The second-order valence-corrected chi connectivity index (χ2v) is 7.04. The zero-order valence-electron chi connectivity index (χ0n) is 14.2. The third-order valence-electron chi connectivity index (χ3n) is 4.70. The first kappa shape index (κ1) is 19.2. The van der Waals surface area contributed by atoms with Crippen LogP contribution in [0.1, 0.15) is 55.3 Å². The van der Waals surface area contributed by atoms with Gasteiger partial charge in [0.15, 0.2) is 0 Å². The minimum absolute atomic E-state index is 0.0107. The molecular weight excluding hydrogens is 344 g/mol. The predicted molar refractivity (Wildman–Crippen MR) is 95.9 cm³/mol. The summed E-state index contributed by atoms with van der Waals surface area (Å²) in [6.45, 7) is 0. The molecule has 2 amide bonds. The van der Waals surface area contributed by atoms with E-state index < -0.39 is 11.4 Å². The normalized spacial score (nSPS) is 16.1. The average Bonchev–Trinajstić information content (AvgIpc) is 2.54. The van der Waals surface area contributed by atoms with Crippen molar-refractivity contribution in [3.8, 4) is 0 Å². The first-order valence-electron chi connectivity index (χ1n) is 8.38. The minimum Gasteiger partial charge on any atom is -0.481 e. The van der Waals surface area contributed by atoms with Crippen LogP contribution in [0.3, 0.4) is 0 Å². The SMILES string of the molecule is CNC(=O)c1ccc(NC(=O)CC2(CC(=O)O)CCCCC2)cc1Cl. The maximum absolute atomic E-state index is 12.4. The van der Waals surface area contributed by atoms with Gasteiger partial charge in [0, 0.05) is 19.2 Å². The number of aliphatic carboxylic acids is 1. The standard InChI is InChI=1S/C18H23ClN2O4/c1-20-17(25)13-6-5-12(9-14(13)19)21-15(22)10-18(11-16(23)24)7-3-2-4-8-18/h5-6,9H,2-4,7-8,10-11H2,1H3,(H,20,25)(H,21,22)(H,23,24). The molecule has 0 radical (unpaired) electrons. The molecular formula is C18H23ClN2O4. The number of nitrogens with one attached hydrogen (secondary N) is 2. The van der Waals surface area contributed by atoms with E-state index in [1.54, 1.807) is 12.1 Å². The number of rotatable bonds is 6. The first-order valence-corrected chi connectivity index (χ1v) is 8.76. The summed E-state index contributed by atoms with van der Waals surface area (Å²) in [5, 5.41) is 14.7. The Kier molecular flexibility index (Phi) is 6.42. The van der Waals surface area contributed by atoms with Gasteiger partial charge in [-0.2, -0.15) is 0 Å². The van der Waals surface area contributed by atoms with E-state index in [1.807, 2.05) is 0 Å². The fraction of sp³-hybridized carbons (Fsp3) is 0.500. The summed E-state index contributed by atoms with van der Waals surface area (Å²) < 4.78 is 0. The van der Waals surface area contributed by atoms with Gasteiger partial charge in [-0.1, -0.05) is 30.9 Å². The first-order chi connectivity index (χ1) is 11.8. The van der Waals surface area contributed by atoms with Gasteiger partial charge in [0.05, 0.1) is 17.0 Å². The van der Waals surface area contributed by atoms with E-state index >= 15 is 0 Å². The van der Waals surface area contributed by atoms with Crippen molar-refractivity contribution < 1.29 is 19.5 Å². The van der Waals surface area contributed by atoms with E-state index in [9.17, 15) is 19.5 Å². The Morgan fingerprint density at radius 2 is 1.84 bits per heavy atom. The highest BCUT2D eigenvalue weighted by molar-refractivity contribution is 6.34. The Morgan fingerprint density at radius 1 is 1.16 bits per heavy atom. The monoisotopic (exact) mass is 366 g/mol. The van der Waals surface area contributed by atoms with E-state index in [4.69, 9.17) is 11.6 Å².